The molecule has 3 heterocycles. The molecule has 2 N–H and O–H groups in total. The van der Waals surface area contributed by atoms with Crippen LogP contribution in [0.2, 0.25) is 0 Å². The van der Waals surface area contributed by atoms with E-state index in [4.69, 9.17) is 4.74 Å². The van der Waals surface area contributed by atoms with E-state index in [9.17, 15) is 4.79 Å². The fraction of sp³-hybridized carbons (Fsp3) is 0.562. The zero-order valence-electron chi connectivity index (χ0n) is 13.7. The number of carbonyl (C=O) groups is 1. The van der Waals surface area contributed by atoms with Gasteiger partial charge in [0.2, 0.25) is 0 Å². The molecule has 0 unspecified atom stereocenters. The van der Waals surface area contributed by atoms with E-state index in [-0.39, 0.29) is 24.2 Å². The molecule has 1 fully saturated rings. The maximum Gasteiger partial charge on any atom is 0.319 e. The highest BCUT2D eigenvalue weighted by Crippen LogP contribution is 2.19. The number of nitrogens with one attached hydrogen (secondary N) is 2. The molecule has 0 saturated carbocycles. The van der Waals surface area contributed by atoms with Gasteiger partial charge in [-0.3, -0.25) is 0 Å². The van der Waals surface area contributed by atoms with Crippen LogP contribution >= 0.6 is 0 Å². The van der Waals surface area contributed by atoms with Crippen LogP contribution in [0.25, 0.3) is 11.0 Å². The summed E-state index contributed by atoms with van der Waals surface area (Å²) in [5.41, 5.74) is 1.47. The molecule has 7 heteroatoms. The van der Waals surface area contributed by atoms with Crippen molar-refractivity contribution in [3.8, 4) is 0 Å². The molecular formula is C16H23N5O2. The predicted octanol–water partition coefficient (Wildman–Crippen LogP) is 2.70. The van der Waals surface area contributed by atoms with E-state index in [2.05, 4.69) is 34.6 Å². The van der Waals surface area contributed by atoms with Gasteiger partial charge >= 0.3 is 6.03 Å². The first-order valence-corrected chi connectivity index (χ1v) is 8.07. The molecule has 2 atom stereocenters. The van der Waals surface area contributed by atoms with Gasteiger partial charge < -0.3 is 15.4 Å². The van der Waals surface area contributed by atoms with Crippen LogP contribution in [0.5, 0.6) is 0 Å². The summed E-state index contributed by atoms with van der Waals surface area (Å²) in [5, 5.41) is 11.0. The van der Waals surface area contributed by atoms with Crippen molar-refractivity contribution in [3.05, 3.63) is 18.5 Å². The summed E-state index contributed by atoms with van der Waals surface area (Å²) in [6.07, 6.45) is 5.56. The van der Waals surface area contributed by atoms with Crippen molar-refractivity contribution < 1.29 is 9.53 Å². The lowest BCUT2D eigenvalue weighted by molar-refractivity contribution is 0.0868. The maximum atomic E-state index is 12.1. The van der Waals surface area contributed by atoms with Crippen LogP contribution in [-0.2, 0) is 4.74 Å². The number of hydrogen-bond acceptors (Lipinski definition) is 4. The van der Waals surface area contributed by atoms with E-state index in [0.29, 0.717) is 5.69 Å². The Labute approximate surface area is 135 Å². The lowest BCUT2D eigenvalue weighted by atomic mass is 10.1. The van der Waals surface area contributed by atoms with Gasteiger partial charge in [0, 0.05) is 18.0 Å². The standard InChI is InChI=1S/C16H23N5O2/c1-10(2)21-15-12(8-18-21)7-13(9-17-15)20-16(22)19-11(3)14-5-4-6-23-14/h7-11,14H,4-6H2,1-3H3,(H2,19,20,22)/t11-,14-/m1/s1. The molecule has 0 bridgehead atoms. The van der Waals surface area contributed by atoms with E-state index in [1.807, 2.05) is 17.7 Å². The third kappa shape index (κ3) is 3.44. The average Bonchev–Trinajstić information content (AvgIpc) is 3.16. The van der Waals surface area contributed by atoms with Crippen LogP contribution in [0, 0.1) is 0 Å². The van der Waals surface area contributed by atoms with Crippen molar-refractivity contribution in [2.45, 2.75) is 51.8 Å². The third-order valence-corrected chi connectivity index (χ3v) is 4.06. The number of hydrogen-bond donors (Lipinski definition) is 2. The summed E-state index contributed by atoms with van der Waals surface area (Å²) >= 11 is 0. The number of aromatic nitrogens is 3. The number of fused-ring (bicyclic) bond motifs is 1. The van der Waals surface area contributed by atoms with Gasteiger partial charge in [0.1, 0.15) is 0 Å². The van der Waals surface area contributed by atoms with E-state index in [0.717, 1.165) is 30.5 Å². The van der Waals surface area contributed by atoms with Crippen molar-refractivity contribution >= 4 is 22.8 Å². The topological polar surface area (TPSA) is 81.1 Å². The zero-order valence-corrected chi connectivity index (χ0v) is 13.7. The molecule has 7 nitrogen and oxygen atoms in total. The Hall–Kier alpha value is -2.15. The molecule has 1 aliphatic rings. The van der Waals surface area contributed by atoms with Gasteiger partial charge in [0.25, 0.3) is 0 Å². The number of amides is 2. The summed E-state index contributed by atoms with van der Waals surface area (Å²) < 4.78 is 7.44. The minimum atomic E-state index is -0.245. The lowest BCUT2D eigenvalue weighted by Gasteiger charge is -2.20. The van der Waals surface area contributed by atoms with Gasteiger partial charge in [-0.15, -0.1) is 0 Å². The van der Waals surface area contributed by atoms with Gasteiger partial charge in [0.05, 0.1) is 30.2 Å². The van der Waals surface area contributed by atoms with Crippen LogP contribution < -0.4 is 10.6 Å². The first kappa shape index (κ1) is 15.7. The highest BCUT2D eigenvalue weighted by Gasteiger charge is 2.23. The quantitative estimate of drug-likeness (QED) is 0.908. The Morgan fingerprint density at radius 2 is 2.22 bits per heavy atom. The lowest BCUT2D eigenvalue weighted by Crippen LogP contribution is -2.42. The molecule has 1 saturated heterocycles. The maximum absolute atomic E-state index is 12.1. The first-order chi connectivity index (χ1) is 11.0. The Morgan fingerprint density at radius 3 is 2.91 bits per heavy atom. The van der Waals surface area contributed by atoms with E-state index in [1.165, 1.54) is 0 Å². The fourth-order valence-electron chi connectivity index (χ4n) is 2.85. The number of rotatable bonds is 4. The number of anilines is 1. The van der Waals surface area contributed by atoms with Crippen LogP contribution in [0.15, 0.2) is 18.5 Å². The van der Waals surface area contributed by atoms with Gasteiger partial charge in [0.15, 0.2) is 5.65 Å². The largest absolute Gasteiger partial charge is 0.376 e. The Morgan fingerprint density at radius 1 is 1.39 bits per heavy atom. The fourth-order valence-corrected chi connectivity index (χ4v) is 2.85. The summed E-state index contributed by atoms with van der Waals surface area (Å²) in [7, 11) is 0. The third-order valence-electron chi connectivity index (χ3n) is 4.06. The molecule has 2 aromatic heterocycles. The number of urea groups is 1. The number of carbonyl (C=O) groups excluding carboxylic acids is 1. The summed E-state index contributed by atoms with van der Waals surface area (Å²) in [6.45, 7) is 6.85. The highest BCUT2D eigenvalue weighted by molar-refractivity contribution is 5.91. The van der Waals surface area contributed by atoms with E-state index < -0.39 is 0 Å². The van der Waals surface area contributed by atoms with E-state index in [1.54, 1.807) is 12.4 Å². The number of nitrogens with zero attached hydrogens (tertiary/aromatic N) is 3. The zero-order chi connectivity index (χ0) is 16.4. The predicted molar refractivity (Wildman–Crippen MR) is 88.5 cm³/mol. The molecule has 0 aliphatic carbocycles. The van der Waals surface area contributed by atoms with Crippen molar-refractivity contribution in [1.29, 1.82) is 0 Å². The molecule has 1 aliphatic heterocycles. The summed E-state index contributed by atoms with van der Waals surface area (Å²) in [6, 6.07) is 1.86. The highest BCUT2D eigenvalue weighted by atomic mass is 16.5. The van der Waals surface area contributed by atoms with Crippen LogP contribution in [0.1, 0.15) is 39.7 Å². The Balaban J connectivity index is 1.65. The van der Waals surface area contributed by atoms with Crippen LogP contribution in [-0.4, -0.2) is 39.5 Å². The molecule has 3 rings (SSSR count). The monoisotopic (exact) mass is 317 g/mol. The second kappa shape index (κ2) is 6.54. The van der Waals surface area contributed by atoms with Crippen molar-refractivity contribution in [1.82, 2.24) is 20.1 Å². The summed E-state index contributed by atoms with van der Waals surface area (Å²) in [4.78, 5) is 16.5. The SMILES string of the molecule is CC(C)n1ncc2cc(NC(=O)N[C@H](C)[C@H]3CCCO3)cnc21. The first-order valence-electron chi connectivity index (χ1n) is 8.07. The molecule has 2 amide bonds. The second-order valence-electron chi connectivity index (χ2n) is 6.26. The van der Waals surface area contributed by atoms with Crippen LogP contribution in [0.4, 0.5) is 10.5 Å². The van der Waals surface area contributed by atoms with Crippen LogP contribution in [0.3, 0.4) is 0 Å². The van der Waals surface area contributed by atoms with E-state index >= 15 is 0 Å². The minimum Gasteiger partial charge on any atom is -0.376 e. The van der Waals surface area contributed by atoms with Gasteiger partial charge in [-0.2, -0.15) is 5.10 Å². The normalized spacial score (nSPS) is 19.2. The minimum absolute atomic E-state index is 0.0159. The van der Waals surface area contributed by atoms with Gasteiger partial charge in [-0.1, -0.05) is 0 Å². The average molecular weight is 317 g/mol. The van der Waals surface area contributed by atoms with Gasteiger partial charge in [-0.05, 0) is 39.7 Å². The Kier molecular flexibility index (Phi) is 4.47. The van der Waals surface area contributed by atoms with Crippen molar-refractivity contribution in [3.63, 3.8) is 0 Å². The number of pyridine rings is 1. The smallest absolute Gasteiger partial charge is 0.319 e. The molecule has 0 spiro atoms. The van der Waals surface area contributed by atoms with Crippen molar-refractivity contribution in [2.24, 2.45) is 0 Å². The van der Waals surface area contributed by atoms with Gasteiger partial charge in [-0.25, -0.2) is 14.5 Å². The number of ether oxygens (including phenoxy) is 1. The molecule has 23 heavy (non-hydrogen) atoms. The molecule has 0 radical (unpaired) electrons. The van der Waals surface area contributed by atoms with Crippen molar-refractivity contribution in [2.75, 3.05) is 11.9 Å². The Bertz CT molecular complexity index is 691. The molecule has 0 aromatic carbocycles. The second-order valence-corrected chi connectivity index (χ2v) is 6.26. The molecule has 124 valence electrons. The molecule has 2 aromatic rings. The summed E-state index contributed by atoms with van der Waals surface area (Å²) in [5.74, 6) is 0. The molecular weight excluding hydrogens is 294 g/mol.